The molecule has 2 N–H and O–H groups in total. The van der Waals surface area contributed by atoms with Gasteiger partial charge in [-0.2, -0.15) is 0 Å². The van der Waals surface area contributed by atoms with Gasteiger partial charge in [-0.15, -0.1) is 0 Å². The van der Waals surface area contributed by atoms with Gasteiger partial charge in [0.05, 0.1) is 18.1 Å². The highest BCUT2D eigenvalue weighted by molar-refractivity contribution is 14.1. The number of hydrogen-bond acceptors (Lipinski definition) is 5. The predicted molar refractivity (Wildman–Crippen MR) is 86.2 cm³/mol. The molecule has 0 radical (unpaired) electrons. The number of aromatic nitrogens is 2. The average molecular weight is 404 g/mol. The molecule has 6 nitrogen and oxygen atoms in total. The maximum atomic E-state index is 12.2. The topological polar surface area (TPSA) is 84.0 Å². The molecule has 0 saturated heterocycles. The largest absolute Gasteiger partial charge is 0.355 e. The lowest BCUT2D eigenvalue weighted by Gasteiger charge is -2.09. The van der Waals surface area contributed by atoms with Gasteiger partial charge in [0.2, 0.25) is 5.95 Å². The SMILES string of the molecule is CCNc1ncc(S(=O)(=O)Nc2ccccc2I)cn1. The molecule has 0 amide bonds. The summed E-state index contributed by atoms with van der Waals surface area (Å²) in [5, 5.41) is 2.91. The van der Waals surface area contributed by atoms with E-state index in [1.807, 2.05) is 19.1 Å². The van der Waals surface area contributed by atoms with Crippen molar-refractivity contribution in [2.75, 3.05) is 16.6 Å². The van der Waals surface area contributed by atoms with E-state index in [0.717, 1.165) is 3.57 Å². The van der Waals surface area contributed by atoms with Gasteiger partial charge in [-0.25, -0.2) is 18.4 Å². The van der Waals surface area contributed by atoms with Gasteiger partial charge in [-0.3, -0.25) is 4.72 Å². The summed E-state index contributed by atoms with van der Waals surface area (Å²) in [7, 11) is -3.68. The zero-order valence-electron chi connectivity index (χ0n) is 10.7. The van der Waals surface area contributed by atoms with Crippen LogP contribution in [0.1, 0.15) is 6.92 Å². The summed E-state index contributed by atoms with van der Waals surface area (Å²) in [6.07, 6.45) is 2.56. The molecule has 0 aliphatic rings. The quantitative estimate of drug-likeness (QED) is 0.748. The number of rotatable bonds is 5. The molecular weight excluding hydrogens is 391 g/mol. The van der Waals surface area contributed by atoms with E-state index in [0.29, 0.717) is 18.2 Å². The fraction of sp³-hybridized carbons (Fsp3) is 0.167. The molecule has 2 rings (SSSR count). The first kappa shape index (κ1) is 15.0. The molecule has 0 spiro atoms. The summed E-state index contributed by atoms with van der Waals surface area (Å²) in [4.78, 5) is 7.94. The van der Waals surface area contributed by atoms with Crippen LogP contribution in [0.3, 0.4) is 0 Å². The van der Waals surface area contributed by atoms with E-state index in [1.54, 1.807) is 12.1 Å². The molecule has 106 valence electrons. The molecule has 1 aromatic heterocycles. The molecule has 2 aromatic rings. The monoisotopic (exact) mass is 404 g/mol. The second kappa shape index (κ2) is 6.35. The van der Waals surface area contributed by atoms with Gasteiger partial charge in [-0.05, 0) is 41.6 Å². The number of hydrogen-bond donors (Lipinski definition) is 2. The smallest absolute Gasteiger partial charge is 0.265 e. The second-order valence-corrected chi connectivity index (χ2v) is 6.70. The van der Waals surface area contributed by atoms with Crippen molar-refractivity contribution in [3.05, 3.63) is 40.2 Å². The zero-order valence-corrected chi connectivity index (χ0v) is 13.6. The average Bonchev–Trinajstić information content (AvgIpc) is 2.42. The summed E-state index contributed by atoms with van der Waals surface area (Å²) in [5.74, 6) is 0.403. The molecule has 0 aliphatic carbocycles. The van der Waals surface area contributed by atoms with Gasteiger partial charge in [0.25, 0.3) is 10.0 Å². The van der Waals surface area contributed by atoms with Crippen molar-refractivity contribution in [3.8, 4) is 0 Å². The lowest BCUT2D eigenvalue weighted by atomic mass is 10.3. The van der Waals surface area contributed by atoms with Crippen LogP contribution >= 0.6 is 22.6 Å². The highest BCUT2D eigenvalue weighted by Crippen LogP contribution is 2.20. The van der Waals surface area contributed by atoms with Gasteiger partial charge in [0, 0.05) is 10.1 Å². The van der Waals surface area contributed by atoms with Crippen LogP contribution in [-0.2, 0) is 10.0 Å². The number of para-hydroxylation sites is 1. The number of sulfonamides is 1. The van der Waals surface area contributed by atoms with Crippen molar-refractivity contribution in [2.24, 2.45) is 0 Å². The van der Waals surface area contributed by atoms with Crippen LogP contribution in [0, 0.1) is 3.57 Å². The number of anilines is 2. The number of benzene rings is 1. The molecule has 0 saturated carbocycles. The number of halogens is 1. The molecule has 0 unspecified atom stereocenters. The fourth-order valence-corrected chi connectivity index (χ4v) is 3.13. The minimum atomic E-state index is -3.68. The fourth-order valence-electron chi connectivity index (χ4n) is 1.45. The van der Waals surface area contributed by atoms with Crippen LogP contribution in [0.25, 0.3) is 0 Å². The van der Waals surface area contributed by atoms with Crippen molar-refractivity contribution < 1.29 is 8.42 Å². The third-order valence-electron chi connectivity index (χ3n) is 2.39. The predicted octanol–water partition coefficient (Wildman–Crippen LogP) is 2.31. The van der Waals surface area contributed by atoms with E-state index in [4.69, 9.17) is 0 Å². The van der Waals surface area contributed by atoms with Crippen molar-refractivity contribution in [2.45, 2.75) is 11.8 Å². The van der Waals surface area contributed by atoms with E-state index in [1.165, 1.54) is 12.4 Å². The molecule has 1 heterocycles. The lowest BCUT2D eigenvalue weighted by molar-refractivity contribution is 0.600. The molecule has 0 bridgehead atoms. The minimum Gasteiger partial charge on any atom is -0.355 e. The van der Waals surface area contributed by atoms with E-state index in [9.17, 15) is 8.42 Å². The summed E-state index contributed by atoms with van der Waals surface area (Å²) in [5.41, 5.74) is 0.531. The number of nitrogens with zero attached hydrogens (tertiary/aromatic N) is 2. The van der Waals surface area contributed by atoms with Gasteiger partial charge in [-0.1, -0.05) is 12.1 Å². The van der Waals surface area contributed by atoms with Crippen molar-refractivity contribution in [3.63, 3.8) is 0 Å². The van der Waals surface area contributed by atoms with Crippen molar-refractivity contribution in [1.29, 1.82) is 0 Å². The highest BCUT2D eigenvalue weighted by Gasteiger charge is 2.16. The molecule has 8 heteroatoms. The van der Waals surface area contributed by atoms with Crippen LogP contribution in [0.4, 0.5) is 11.6 Å². The van der Waals surface area contributed by atoms with Crippen LogP contribution in [-0.4, -0.2) is 24.9 Å². The molecule has 0 atom stereocenters. The lowest BCUT2D eigenvalue weighted by Crippen LogP contribution is -2.15. The van der Waals surface area contributed by atoms with Crippen LogP contribution in [0.15, 0.2) is 41.6 Å². The normalized spacial score (nSPS) is 11.1. The highest BCUT2D eigenvalue weighted by atomic mass is 127. The minimum absolute atomic E-state index is 0.0267. The Morgan fingerprint density at radius 3 is 2.45 bits per heavy atom. The molecule has 1 aromatic carbocycles. The Labute approximate surface area is 131 Å². The standard InChI is InChI=1S/C12H13IN4O2S/c1-2-14-12-15-7-9(8-16-12)20(18,19)17-11-6-4-3-5-10(11)13/h3-8,17H,2H2,1H3,(H,14,15,16). The van der Waals surface area contributed by atoms with E-state index >= 15 is 0 Å². The van der Waals surface area contributed by atoms with Gasteiger partial charge in [0.1, 0.15) is 4.90 Å². The maximum Gasteiger partial charge on any atom is 0.265 e. The Morgan fingerprint density at radius 2 is 1.85 bits per heavy atom. The summed E-state index contributed by atoms with van der Waals surface area (Å²) >= 11 is 2.07. The number of nitrogens with one attached hydrogen (secondary N) is 2. The Balaban J connectivity index is 2.24. The van der Waals surface area contributed by atoms with Crippen LogP contribution in [0.2, 0.25) is 0 Å². The Kier molecular flexibility index (Phi) is 4.76. The van der Waals surface area contributed by atoms with Gasteiger partial charge in [0.15, 0.2) is 0 Å². The third-order valence-corrected chi connectivity index (χ3v) is 4.65. The van der Waals surface area contributed by atoms with E-state index in [-0.39, 0.29) is 4.90 Å². The van der Waals surface area contributed by atoms with Gasteiger partial charge < -0.3 is 5.32 Å². The molecule has 0 fully saturated rings. The van der Waals surface area contributed by atoms with Crippen LogP contribution < -0.4 is 10.0 Å². The first-order valence-electron chi connectivity index (χ1n) is 5.86. The van der Waals surface area contributed by atoms with Crippen LogP contribution in [0.5, 0.6) is 0 Å². The first-order valence-corrected chi connectivity index (χ1v) is 8.42. The van der Waals surface area contributed by atoms with Crippen molar-refractivity contribution >= 4 is 44.2 Å². The Morgan fingerprint density at radius 1 is 1.20 bits per heavy atom. The van der Waals surface area contributed by atoms with Gasteiger partial charge >= 0.3 is 0 Å². The van der Waals surface area contributed by atoms with E-state index < -0.39 is 10.0 Å². The zero-order chi connectivity index (χ0) is 14.6. The Bertz CT molecular complexity index is 689. The first-order chi connectivity index (χ1) is 9.53. The molecule has 0 aliphatic heterocycles. The summed E-state index contributed by atoms with van der Waals surface area (Å²) in [6.45, 7) is 2.58. The molecular formula is C12H13IN4O2S. The second-order valence-electron chi connectivity index (χ2n) is 3.86. The third kappa shape index (κ3) is 3.57. The molecule has 20 heavy (non-hydrogen) atoms. The Hall–Kier alpha value is -1.42. The maximum absolute atomic E-state index is 12.2. The van der Waals surface area contributed by atoms with Crippen molar-refractivity contribution in [1.82, 2.24) is 9.97 Å². The summed E-state index contributed by atoms with van der Waals surface area (Å²) in [6, 6.07) is 7.13. The summed E-state index contributed by atoms with van der Waals surface area (Å²) < 4.78 is 27.8. The van der Waals surface area contributed by atoms with E-state index in [2.05, 4.69) is 42.6 Å².